The molecule has 3 aliphatic heterocycles. The number of nitrogens with zero attached hydrogens (tertiary/aromatic N) is 5. The number of likely N-dealkylation sites (tertiary alicyclic amines) is 1. The number of anilines is 1. The van der Waals surface area contributed by atoms with Crippen LogP contribution in [0.2, 0.25) is 0 Å². The fourth-order valence-electron chi connectivity index (χ4n) is 7.17. The Morgan fingerprint density at radius 2 is 1.37 bits per heavy atom. The number of para-hydroxylation sites is 1. The van der Waals surface area contributed by atoms with Crippen LogP contribution in [0.1, 0.15) is 36.4 Å². The highest BCUT2D eigenvalue weighted by Gasteiger charge is 2.37. The molecule has 46 heavy (non-hydrogen) atoms. The molecule has 1 atom stereocenters. The zero-order valence-corrected chi connectivity index (χ0v) is 26.8. The smallest absolute Gasteiger partial charge is 0.222 e. The molecule has 4 aromatic carbocycles. The second-order valence-electron chi connectivity index (χ2n) is 12.8. The molecule has 7 rings (SSSR count). The maximum Gasteiger partial charge on any atom is 0.222 e. The fraction of sp³-hybridized carbons (Fsp3) is 0.333. The van der Waals surface area contributed by atoms with Gasteiger partial charge in [0.05, 0.1) is 18.2 Å². The van der Waals surface area contributed by atoms with Gasteiger partial charge in [-0.1, -0.05) is 91.0 Å². The van der Waals surface area contributed by atoms with Crippen LogP contribution in [-0.2, 0) is 11.3 Å². The lowest BCUT2D eigenvalue weighted by molar-refractivity contribution is -0.121. The van der Waals surface area contributed by atoms with Gasteiger partial charge in [-0.15, -0.1) is 0 Å². The van der Waals surface area contributed by atoms with Gasteiger partial charge in [0, 0.05) is 50.0 Å². The van der Waals surface area contributed by atoms with Crippen molar-refractivity contribution in [3.05, 3.63) is 120 Å². The van der Waals surface area contributed by atoms with Crippen LogP contribution in [0, 0.1) is 0 Å². The lowest BCUT2D eigenvalue weighted by atomic mass is 9.96. The molecule has 3 aliphatic rings. The number of nitrogens with one attached hydrogen (secondary N) is 1. The summed E-state index contributed by atoms with van der Waals surface area (Å²) in [6.45, 7) is 6.75. The second kappa shape index (κ2) is 13.9. The van der Waals surface area contributed by atoms with E-state index in [-0.39, 0.29) is 11.9 Å². The van der Waals surface area contributed by atoms with Crippen molar-refractivity contribution >= 4 is 23.2 Å². The molecule has 1 unspecified atom stereocenters. The molecule has 0 spiro atoms. The summed E-state index contributed by atoms with van der Waals surface area (Å²) in [7, 11) is 2.23. The van der Waals surface area contributed by atoms with E-state index in [0.29, 0.717) is 19.0 Å². The third kappa shape index (κ3) is 6.71. The number of guanidine groups is 1. The van der Waals surface area contributed by atoms with E-state index in [1.54, 1.807) is 0 Å². The molecule has 2 saturated heterocycles. The number of benzene rings is 4. The number of amides is 1. The first-order valence-electron chi connectivity index (χ1n) is 16.7. The molecule has 1 N–H and O–H groups in total. The van der Waals surface area contributed by atoms with Gasteiger partial charge in [0.15, 0.2) is 0 Å². The van der Waals surface area contributed by atoms with Crippen molar-refractivity contribution in [1.82, 2.24) is 20.0 Å². The minimum atomic E-state index is -0.186. The number of piperidine rings is 1. The summed E-state index contributed by atoms with van der Waals surface area (Å²) >= 11 is 0. The first-order chi connectivity index (χ1) is 22.6. The largest absolute Gasteiger partial charge is 0.352 e. The number of piperazine rings is 1. The molecular weight excluding hydrogens is 568 g/mol. The first kappa shape index (κ1) is 30.2. The quantitative estimate of drug-likeness (QED) is 0.265. The van der Waals surface area contributed by atoms with Gasteiger partial charge in [0.1, 0.15) is 0 Å². The van der Waals surface area contributed by atoms with Gasteiger partial charge in [-0.05, 0) is 67.9 Å². The summed E-state index contributed by atoms with van der Waals surface area (Å²) in [4.78, 5) is 28.9. The van der Waals surface area contributed by atoms with Crippen molar-refractivity contribution < 1.29 is 4.79 Å². The van der Waals surface area contributed by atoms with Gasteiger partial charge in [0.25, 0.3) is 0 Å². The Kier molecular flexibility index (Phi) is 9.12. The van der Waals surface area contributed by atoms with Crippen molar-refractivity contribution in [1.29, 1.82) is 0 Å². The van der Waals surface area contributed by atoms with Crippen LogP contribution in [0.4, 0.5) is 11.4 Å². The van der Waals surface area contributed by atoms with Crippen LogP contribution >= 0.6 is 0 Å². The predicted molar refractivity (Wildman–Crippen MR) is 187 cm³/mol. The van der Waals surface area contributed by atoms with Crippen molar-refractivity contribution in [3.63, 3.8) is 0 Å². The topological polar surface area (TPSA) is 54.4 Å². The molecule has 0 aliphatic carbocycles. The van der Waals surface area contributed by atoms with Crippen LogP contribution in [-0.4, -0.2) is 78.9 Å². The number of fused-ring (bicyclic) bond motifs is 1. The number of carbonyl (C=O) groups is 1. The van der Waals surface area contributed by atoms with Crippen LogP contribution in [0.25, 0.3) is 11.1 Å². The molecule has 0 aromatic heterocycles. The Bertz CT molecular complexity index is 1620. The molecule has 0 bridgehead atoms. The Labute approximate surface area is 273 Å². The molecule has 0 radical (unpaired) electrons. The van der Waals surface area contributed by atoms with E-state index in [1.807, 2.05) is 36.4 Å². The minimum Gasteiger partial charge on any atom is -0.352 e. The summed E-state index contributed by atoms with van der Waals surface area (Å²) in [6.07, 6.45) is 2.81. The Hall–Kier alpha value is -4.46. The maximum atomic E-state index is 13.6. The first-order valence-corrected chi connectivity index (χ1v) is 16.7. The predicted octanol–water partition coefficient (Wildman–Crippen LogP) is 6.32. The van der Waals surface area contributed by atoms with Gasteiger partial charge in [-0.2, -0.15) is 0 Å². The van der Waals surface area contributed by atoms with E-state index < -0.39 is 0 Å². The van der Waals surface area contributed by atoms with Gasteiger partial charge >= 0.3 is 0 Å². The van der Waals surface area contributed by atoms with E-state index in [0.717, 1.165) is 54.6 Å². The van der Waals surface area contributed by atoms with Crippen molar-refractivity contribution in [2.75, 3.05) is 51.2 Å². The zero-order valence-electron chi connectivity index (χ0n) is 26.8. The summed E-state index contributed by atoms with van der Waals surface area (Å²) < 4.78 is 0. The molecule has 2 fully saturated rings. The van der Waals surface area contributed by atoms with Crippen LogP contribution < -0.4 is 10.2 Å². The normalized spacial score (nSPS) is 19.4. The number of rotatable bonds is 7. The minimum absolute atomic E-state index is 0.0305. The van der Waals surface area contributed by atoms with E-state index in [1.165, 1.54) is 37.1 Å². The van der Waals surface area contributed by atoms with Crippen molar-refractivity contribution in [3.8, 4) is 11.1 Å². The lowest BCUT2D eigenvalue weighted by Gasteiger charge is -2.47. The number of carbonyl (C=O) groups excluding carboxylic acids is 1. The lowest BCUT2D eigenvalue weighted by Crippen LogP contribution is -2.58. The number of hydrogen-bond acceptors (Lipinski definition) is 6. The zero-order chi connectivity index (χ0) is 31.3. The van der Waals surface area contributed by atoms with E-state index >= 15 is 0 Å². The van der Waals surface area contributed by atoms with E-state index in [9.17, 15) is 4.79 Å². The average Bonchev–Trinajstić information content (AvgIpc) is 3.12. The molecule has 7 nitrogen and oxygen atoms in total. The molecule has 236 valence electrons. The SMILES string of the molecule is CN1CCC(N2CCN(C3=Nc4ccccc4C(CC(=O)NCc4ccccc4)N3c3ccc(-c4ccccc4)cc3)CC2)CC1. The van der Waals surface area contributed by atoms with Gasteiger partial charge < -0.3 is 20.0 Å². The molecule has 3 heterocycles. The summed E-state index contributed by atoms with van der Waals surface area (Å²) in [5, 5.41) is 3.19. The molecule has 0 saturated carbocycles. The highest BCUT2D eigenvalue weighted by molar-refractivity contribution is 6.01. The van der Waals surface area contributed by atoms with E-state index in [2.05, 4.69) is 105 Å². The standard InChI is InChI=1S/C39H44N6O/c1-42-22-20-33(21-23-42)43-24-26-44(27-25-43)39-41-36-15-9-8-14-35(36)37(28-38(46)40-29-30-10-4-2-5-11-30)45(39)34-18-16-32(17-19-34)31-12-6-3-7-13-31/h2-19,33,37H,20-29H2,1H3,(H,40,46). The monoisotopic (exact) mass is 612 g/mol. The third-order valence-corrected chi connectivity index (χ3v) is 9.81. The average molecular weight is 613 g/mol. The summed E-state index contributed by atoms with van der Waals surface area (Å²) in [6, 6.07) is 38.2. The summed E-state index contributed by atoms with van der Waals surface area (Å²) in [5.41, 5.74) is 6.54. The Morgan fingerprint density at radius 3 is 2.09 bits per heavy atom. The highest BCUT2D eigenvalue weighted by atomic mass is 16.1. The highest BCUT2D eigenvalue weighted by Crippen LogP contribution is 2.41. The number of aliphatic imine (C=N–C) groups is 1. The Balaban J connectivity index is 1.18. The fourth-order valence-corrected chi connectivity index (χ4v) is 7.17. The van der Waals surface area contributed by atoms with Crippen molar-refractivity contribution in [2.24, 2.45) is 4.99 Å². The van der Waals surface area contributed by atoms with Gasteiger partial charge in [-0.3, -0.25) is 9.69 Å². The van der Waals surface area contributed by atoms with Crippen LogP contribution in [0.5, 0.6) is 0 Å². The maximum absolute atomic E-state index is 13.6. The van der Waals surface area contributed by atoms with Crippen LogP contribution in [0.3, 0.4) is 0 Å². The molecule has 7 heteroatoms. The number of hydrogen-bond donors (Lipinski definition) is 1. The van der Waals surface area contributed by atoms with Gasteiger partial charge in [-0.25, -0.2) is 4.99 Å². The van der Waals surface area contributed by atoms with Crippen LogP contribution in [0.15, 0.2) is 114 Å². The molecule has 1 amide bonds. The molecular formula is C39H44N6O. The third-order valence-electron chi connectivity index (χ3n) is 9.81. The second-order valence-corrected chi connectivity index (χ2v) is 12.8. The Morgan fingerprint density at radius 1 is 0.739 bits per heavy atom. The summed E-state index contributed by atoms with van der Waals surface area (Å²) in [5.74, 6) is 0.970. The van der Waals surface area contributed by atoms with E-state index in [4.69, 9.17) is 4.99 Å². The molecule has 4 aromatic rings. The van der Waals surface area contributed by atoms with Gasteiger partial charge in [0.2, 0.25) is 11.9 Å². The van der Waals surface area contributed by atoms with Crippen molar-refractivity contribution in [2.45, 2.75) is 37.9 Å².